The van der Waals surface area contributed by atoms with E-state index in [1.807, 2.05) is 12.1 Å². The van der Waals surface area contributed by atoms with Crippen LogP contribution in [0.4, 0.5) is 5.69 Å². The summed E-state index contributed by atoms with van der Waals surface area (Å²) in [6, 6.07) is 16.4. The molecule has 0 saturated carbocycles. The van der Waals surface area contributed by atoms with Crippen LogP contribution in [0, 0.1) is 23.7 Å². The minimum absolute atomic E-state index is 0.0219. The second kappa shape index (κ2) is 11.0. The molecule has 35 heavy (non-hydrogen) atoms. The van der Waals surface area contributed by atoms with Gasteiger partial charge in [-0.1, -0.05) is 41.6 Å². The van der Waals surface area contributed by atoms with Crippen molar-refractivity contribution in [2.24, 2.45) is 17.0 Å². The summed E-state index contributed by atoms with van der Waals surface area (Å²) >= 11 is 0. The molecule has 186 valence electrons. The van der Waals surface area contributed by atoms with E-state index in [4.69, 9.17) is 0 Å². The molecule has 7 heteroatoms. The highest BCUT2D eigenvalue weighted by Crippen LogP contribution is 2.36. The molecular formula is C28H35N3O4. The van der Waals surface area contributed by atoms with Gasteiger partial charge in [0.1, 0.15) is 0 Å². The second-order valence-electron chi connectivity index (χ2n) is 10.1. The maximum Gasteiger partial charge on any atom is 0.306 e. The maximum atomic E-state index is 12.0. The minimum Gasteiger partial charge on any atom is -0.481 e. The first-order valence-corrected chi connectivity index (χ1v) is 12.6. The Bertz CT molecular complexity index is 1050. The van der Waals surface area contributed by atoms with E-state index in [2.05, 4.69) is 53.4 Å². The van der Waals surface area contributed by atoms with Gasteiger partial charge in [-0.3, -0.25) is 9.59 Å². The lowest BCUT2D eigenvalue weighted by Crippen LogP contribution is -2.41. The molecule has 2 saturated heterocycles. The van der Waals surface area contributed by atoms with Gasteiger partial charge in [0.25, 0.3) is 0 Å². The summed E-state index contributed by atoms with van der Waals surface area (Å²) < 4.78 is 0. The summed E-state index contributed by atoms with van der Waals surface area (Å²) in [6.45, 7) is 4.14. The maximum absolute atomic E-state index is 12.0. The molecule has 0 bridgehead atoms. The highest BCUT2D eigenvalue weighted by molar-refractivity contribution is 5.76. The third-order valence-corrected chi connectivity index (χ3v) is 7.89. The Morgan fingerprint density at radius 3 is 2.37 bits per heavy atom. The molecule has 4 rings (SSSR count). The molecule has 7 nitrogen and oxygen atoms in total. The first kappa shape index (κ1) is 24.9. The van der Waals surface area contributed by atoms with E-state index in [0.717, 1.165) is 24.3 Å². The van der Waals surface area contributed by atoms with E-state index in [9.17, 15) is 19.6 Å². The van der Waals surface area contributed by atoms with Crippen LogP contribution in [-0.4, -0.2) is 54.6 Å². The Balaban J connectivity index is 1.55. The zero-order chi connectivity index (χ0) is 24.9. The monoisotopic (exact) mass is 477 g/mol. The van der Waals surface area contributed by atoms with Crippen molar-refractivity contribution in [2.45, 2.75) is 51.0 Å². The summed E-state index contributed by atoms with van der Waals surface area (Å²) in [5, 5.41) is 12.8. The molecule has 2 aliphatic rings. The first-order chi connectivity index (χ1) is 16.9. The molecule has 2 aromatic rings. The standard InChI is InChI=1S/C28H35N3O4/c1-19-5-3-4-6-24(19)25(17-26(29-35)22-9-12-27(32)30(2)18-22)20-7-10-23(11-8-20)31-15-13-21(14-16-31)28(33)34/h3-8,10-11,21-22,25-26H,9,12-18H2,1-2H3,(H,33,34)/t22?,25-,26?/m1/s1. The molecule has 3 atom stereocenters. The van der Waals surface area contributed by atoms with Gasteiger partial charge in [-0.05, 0) is 61.4 Å². The fourth-order valence-corrected chi connectivity index (χ4v) is 5.64. The van der Waals surface area contributed by atoms with E-state index < -0.39 is 5.97 Å². The third kappa shape index (κ3) is 5.72. The Morgan fingerprint density at radius 1 is 1.09 bits per heavy atom. The van der Waals surface area contributed by atoms with E-state index >= 15 is 0 Å². The second-order valence-corrected chi connectivity index (χ2v) is 10.1. The number of anilines is 1. The summed E-state index contributed by atoms with van der Waals surface area (Å²) in [4.78, 5) is 39.2. The number of piperidine rings is 2. The smallest absolute Gasteiger partial charge is 0.306 e. The number of aryl methyl sites for hydroxylation is 1. The number of nitrogens with zero attached hydrogens (tertiary/aromatic N) is 3. The summed E-state index contributed by atoms with van der Waals surface area (Å²) in [6.07, 6.45) is 3.09. The van der Waals surface area contributed by atoms with Crippen molar-refractivity contribution in [1.82, 2.24) is 4.90 Å². The van der Waals surface area contributed by atoms with E-state index in [1.165, 1.54) is 11.1 Å². The van der Waals surface area contributed by atoms with Crippen LogP contribution in [0.25, 0.3) is 0 Å². The van der Waals surface area contributed by atoms with Crippen molar-refractivity contribution in [1.29, 1.82) is 0 Å². The quantitative estimate of drug-likeness (QED) is 0.551. The van der Waals surface area contributed by atoms with Crippen molar-refractivity contribution in [3.8, 4) is 0 Å². The molecule has 2 aromatic carbocycles. The number of carboxylic acids is 1. The van der Waals surface area contributed by atoms with Gasteiger partial charge in [-0.15, -0.1) is 0 Å². The number of aliphatic carboxylic acids is 1. The molecule has 2 heterocycles. The average Bonchev–Trinajstić information content (AvgIpc) is 2.87. The predicted octanol–water partition coefficient (Wildman–Crippen LogP) is 4.82. The fourth-order valence-electron chi connectivity index (χ4n) is 5.64. The predicted molar refractivity (Wildman–Crippen MR) is 137 cm³/mol. The lowest BCUT2D eigenvalue weighted by atomic mass is 9.79. The van der Waals surface area contributed by atoms with Crippen LogP contribution in [-0.2, 0) is 9.59 Å². The largest absolute Gasteiger partial charge is 0.481 e. The van der Waals surface area contributed by atoms with Gasteiger partial charge in [0.05, 0.1) is 12.0 Å². The van der Waals surface area contributed by atoms with Crippen LogP contribution < -0.4 is 4.90 Å². The number of hydrogen-bond donors (Lipinski definition) is 1. The zero-order valence-corrected chi connectivity index (χ0v) is 20.6. The first-order valence-electron chi connectivity index (χ1n) is 12.6. The zero-order valence-electron chi connectivity index (χ0n) is 20.6. The summed E-state index contributed by atoms with van der Waals surface area (Å²) in [5.74, 6) is -0.736. The molecule has 0 aromatic heterocycles. The molecule has 1 amide bonds. The SMILES string of the molecule is Cc1ccccc1[C@H](CC(N=O)C1CCC(=O)N(C)C1)c1ccc(N2CCC(C(=O)O)CC2)cc1. The molecule has 2 unspecified atom stereocenters. The number of carbonyl (C=O) groups excluding carboxylic acids is 1. The summed E-state index contributed by atoms with van der Waals surface area (Å²) in [7, 11) is 1.80. The number of benzene rings is 2. The Kier molecular flexibility index (Phi) is 7.83. The van der Waals surface area contributed by atoms with Crippen molar-refractivity contribution >= 4 is 17.6 Å². The Labute approximate surface area is 207 Å². The third-order valence-electron chi connectivity index (χ3n) is 7.89. The van der Waals surface area contributed by atoms with Gasteiger partial charge in [0.15, 0.2) is 0 Å². The number of likely N-dealkylation sites (tertiary alicyclic amines) is 1. The van der Waals surface area contributed by atoms with E-state index in [-0.39, 0.29) is 29.7 Å². The topological polar surface area (TPSA) is 90.3 Å². The van der Waals surface area contributed by atoms with Crippen LogP contribution in [0.15, 0.2) is 53.7 Å². The van der Waals surface area contributed by atoms with E-state index in [1.54, 1.807) is 11.9 Å². The Morgan fingerprint density at radius 2 is 1.77 bits per heavy atom. The lowest BCUT2D eigenvalue weighted by molar-refractivity contribution is -0.142. The number of carboxylic acid groups (broad SMARTS) is 1. The van der Waals surface area contributed by atoms with Crippen LogP contribution >= 0.6 is 0 Å². The highest BCUT2D eigenvalue weighted by atomic mass is 16.4. The molecular weight excluding hydrogens is 442 g/mol. The van der Waals surface area contributed by atoms with Gasteiger partial charge in [-0.25, -0.2) is 0 Å². The molecule has 2 aliphatic heterocycles. The average molecular weight is 478 g/mol. The fraction of sp³-hybridized carbons (Fsp3) is 0.500. The van der Waals surface area contributed by atoms with Gasteiger partial charge in [-0.2, -0.15) is 4.91 Å². The molecule has 2 fully saturated rings. The van der Waals surface area contributed by atoms with Crippen LogP contribution in [0.5, 0.6) is 0 Å². The highest BCUT2D eigenvalue weighted by Gasteiger charge is 2.33. The van der Waals surface area contributed by atoms with E-state index in [0.29, 0.717) is 38.6 Å². The van der Waals surface area contributed by atoms with Gasteiger partial charge in [0, 0.05) is 50.6 Å². The van der Waals surface area contributed by atoms with Gasteiger partial charge in [0.2, 0.25) is 5.91 Å². The van der Waals surface area contributed by atoms with Crippen molar-refractivity contribution < 1.29 is 14.7 Å². The number of nitroso groups, excluding NO2 is 1. The van der Waals surface area contributed by atoms with Gasteiger partial charge >= 0.3 is 5.97 Å². The van der Waals surface area contributed by atoms with Crippen molar-refractivity contribution in [3.63, 3.8) is 0 Å². The lowest BCUT2D eigenvalue weighted by Gasteiger charge is -2.34. The normalized spacial score (nSPS) is 21.0. The van der Waals surface area contributed by atoms with Crippen LogP contribution in [0.1, 0.15) is 54.7 Å². The van der Waals surface area contributed by atoms with Crippen LogP contribution in [0.3, 0.4) is 0 Å². The molecule has 0 spiro atoms. The molecule has 0 radical (unpaired) electrons. The number of hydrogen-bond acceptors (Lipinski definition) is 5. The number of carbonyl (C=O) groups is 2. The van der Waals surface area contributed by atoms with Crippen molar-refractivity contribution in [3.05, 3.63) is 70.1 Å². The minimum atomic E-state index is -0.701. The number of rotatable bonds is 8. The molecule has 0 aliphatic carbocycles. The van der Waals surface area contributed by atoms with Gasteiger partial charge < -0.3 is 14.9 Å². The Hall–Kier alpha value is -3.22. The molecule has 1 N–H and O–H groups in total. The summed E-state index contributed by atoms with van der Waals surface area (Å²) in [5.41, 5.74) is 4.60. The van der Waals surface area contributed by atoms with Crippen LogP contribution in [0.2, 0.25) is 0 Å². The van der Waals surface area contributed by atoms with Crippen molar-refractivity contribution in [2.75, 3.05) is 31.6 Å². The number of amides is 1.